The van der Waals surface area contributed by atoms with Gasteiger partial charge in [-0.15, -0.1) is 0 Å². The minimum atomic E-state index is -0.815. The fourth-order valence-electron chi connectivity index (χ4n) is 3.91. The first-order valence-corrected chi connectivity index (χ1v) is 11.6. The Balaban J connectivity index is 1.80. The van der Waals surface area contributed by atoms with Gasteiger partial charge in [-0.2, -0.15) is 0 Å². The molecule has 0 aliphatic carbocycles. The molecule has 2 aromatic carbocycles. The number of methoxy groups -OCH3 is 1. The van der Waals surface area contributed by atoms with E-state index in [1.807, 2.05) is 45.0 Å². The lowest BCUT2D eigenvalue weighted by molar-refractivity contribution is -0.150. The maximum atomic E-state index is 13.8. The van der Waals surface area contributed by atoms with Crippen LogP contribution in [0.4, 0.5) is 4.39 Å². The standard InChI is InChI=1S/C27H29FN2O4S/c1-15-6-8-19(9-7-15)23(21-11-10-20(28)14-16(21)2)18(4)34-27(32)17(3)30-26(35)24-25(31)22(33-5)12-13-29-24/h6-14,17-18,23,31H,1-5H3,(H,30,35)/t17-,18-,23-/m0/s1. The summed E-state index contributed by atoms with van der Waals surface area (Å²) in [7, 11) is 1.42. The van der Waals surface area contributed by atoms with Crippen molar-refractivity contribution in [2.24, 2.45) is 0 Å². The monoisotopic (exact) mass is 496 g/mol. The van der Waals surface area contributed by atoms with Crippen LogP contribution in [0.5, 0.6) is 11.5 Å². The van der Waals surface area contributed by atoms with Crippen LogP contribution in [0.3, 0.4) is 0 Å². The molecule has 0 saturated carbocycles. The van der Waals surface area contributed by atoms with Crippen molar-refractivity contribution in [1.29, 1.82) is 0 Å². The molecule has 6 nitrogen and oxygen atoms in total. The van der Waals surface area contributed by atoms with Gasteiger partial charge in [0.05, 0.1) is 7.11 Å². The highest BCUT2D eigenvalue weighted by Crippen LogP contribution is 2.33. The zero-order valence-electron chi connectivity index (χ0n) is 20.3. The average molecular weight is 497 g/mol. The van der Waals surface area contributed by atoms with E-state index in [9.17, 15) is 14.3 Å². The number of rotatable bonds is 8. The molecule has 2 N–H and O–H groups in total. The minimum absolute atomic E-state index is 0.0861. The summed E-state index contributed by atoms with van der Waals surface area (Å²) < 4.78 is 24.7. The summed E-state index contributed by atoms with van der Waals surface area (Å²) in [4.78, 5) is 17.1. The number of benzene rings is 2. The maximum absolute atomic E-state index is 13.8. The summed E-state index contributed by atoms with van der Waals surface area (Å²) in [6.07, 6.45) is 0.889. The number of carbonyl (C=O) groups excluding carboxylic acids is 1. The zero-order valence-corrected chi connectivity index (χ0v) is 21.2. The lowest BCUT2D eigenvalue weighted by Crippen LogP contribution is -2.41. The van der Waals surface area contributed by atoms with E-state index in [1.165, 1.54) is 31.5 Å². The second-order valence-electron chi connectivity index (χ2n) is 8.44. The van der Waals surface area contributed by atoms with Crippen molar-refractivity contribution < 1.29 is 23.8 Å². The topological polar surface area (TPSA) is 80.7 Å². The lowest BCUT2D eigenvalue weighted by atomic mass is 9.84. The maximum Gasteiger partial charge on any atom is 0.328 e. The molecule has 0 bridgehead atoms. The summed E-state index contributed by atoms with van der Waals surface area (Å²) >= 11 is 5.34. The molecule has 3 aromatic rings. The van der Waals surface area contributed by atoms with Gasteiger partial charge in [-0.25, -0.2) is 14.2 Å². The number of pyridine rings is 1. The molecule has 3 rings (SSSR count). The normalized spacial score (nSPS) is 13.4. The first-order chi connectivity index (χ1) is 16.6. The Labute approximate surface area is 210 Å². The summed E-state index contributed by atoms with van der Waals surface area (Å²) in [6, 6.07) is 13.3. The number of nitrogens with zero attached hydrogens (tertiary/aromatic N) is 1. The van der Waals surface area contributed by atoms with Crippen molar-refractivity contribution in [1.82, 2.24) is 10.3 Å². The Morgan fingerprint density at radius 2 is 1.80 bits per heavy atom. The molecule has 0 amide bonds. The molecule has 35 heavy (non-hydrogen) atoms. The van der Waals surface area contributed by atoms with Crippen LogP contribution < -0.4 is 10.1 Å². The highest BCUT2D eigenvalue weighted by molar-refractivity contribution is 7.80. The van der Waals surface area contributed by atoms with E-state index in [1.54, 1.807) is 13.0 Å². The molecule has 0 spiro atoms. The van der Waals surface area contributed by atoms with Crippen molar-refractivity contribution in [2.45, 2.75) is 45.8 Å². The number of carbonyl (C=O) groups is 1. The predicted octanol–water partition coefficient (Wildman–Crippen LogP) is 4.97. The van der Waals surface area contributed by atoms with E-state index in [4.69, 9.17) is 21.7 Å². The van der Waals surface area contributed by atoms with Gasteiger partial charge in [-0.05, 0) is 56.5 Å². The Morgan fingerprint density at radius 3 is 2.43 bits per heavy atom. The second-order valence-corrected chi connectivity index (χ2v) is 8.85. The van der Waals surface area contributed by atoms with Gasteiger partial charge in [0.1, 0.15) is 28.6 Å². The number of aromatic nitrogens is 1. The quantitative estimate of drug-likeness (QED) is 0.337. The van der Waals surface area contributed by atoms with Crippen LogP contribution in [0.2, 0.25) is 0 Å². The highest BCUT2D eigenvalue weighted by Gasteiger charge is 2.28. The molecule has 0 fully saturated rings. The smallest absolute Gasteiger partial charge is 0.328 e. The number of aromatic hydroxyl groups is 1. The van der Waals surface area contributed by atoms with Crippen molar-refractivity contribution in [3.63, 3.8) is 0 Å². The van der Waals surface area contributed by atoms with Gasteiger partial charge in [0.15, 0.2) is 11.5 Å². The van der Waals surface area contributed by atoms with Gasteiger partial charge in [0.25, 0.3) is 0 Å². The molecular weight excluding hydrogens is 467 g/mol. The zero-order chi connectivity index (χ0) is 25.7. The lowest BCUT2D eigenvalue weighted by Gasteiger charge is -2.28. The van der Waals surface area contributed by atoms with Crippen molar-refractivity contribution in [3.05, 3.63) is 88.5 Å². The van der Waals surface area contributed by atoms with Gasteiger partial charge in [-0.1, -0.05) is 48.1 Å². The summed E-state index contributed by atoms with van der Waals surface area (Å²) in [5.41, 5.74) is 3.80. The Hall–Kier alpha value is -3.52. The van der Waals surface area contributed by atoms with Crippen molar-refractivity contribution in [2.75, 3.05) is 7.11 Å². The van der Waals surface area contributed by atoms with E-state index >= 15 is 0 Å². The molecule has 3 atom stereocenters. The first-order valence-electron chi connectivity index (χ1n) is 11.2. The van der Waals surface area contributed by atoms with Gasteiger partial charge >= 0.3 is 5.97 Å². The second kappa shape index (κ2) is 11.3. The molecule has 0 saturated heterocycles. The number of nitrogens with one attached hydrogen (secondary N) is 1. The van der Waals surface area contributed by atoms with Crippen LogP contribution in [0.15, 0.2) is 54.7 Å². The fourth-order valence-corrected chi connectivity index (χ4v) is 4.24. The number of hydrogen-bond acceptors (Lipinski definition) is 6. The van der Waals surface area contributed by atoms with Gasteiger partial charge in [0.2, 0.25) is 0 Å². The molecular formula is C27H29FN2O4S. The van der Waals surface area contributed by atoms with E-state index in [0.29, 0.717) is 0 Å². The average Bonchev–Trinajstić information content (AvgIpc) is 2.81. The molecule has 0 unspecified atom stereocenters. The SMILES string of the molecule is COc1ccnc(C(=S)N[C@@H](C)C(=O)O[C@@H](C)[C@@H](c2ccc(C)cc2)c2ccc(F)cc2C)c1O. The van der Waals surface area contributed by atoms with Crippen LogP contribution in [-0.2, 0) is 9.53 Å². The minimum Gasteiger partial charge on any atom is -0.503 e. The molecule has 1 heterocycles. The number of esters is 1. The molecule has 1 aromatic heterocycles. The third-order valence-corrected chi connectivity index (χ3v) is 6.11. The predicted molar refractivity (Wildman–Crippen MR) is 136 cm³/mol. The summed E-state index contributed by atoms with van der Waals surface area (Å²) in [5, 5.41) is 13.2. The van der Waals surface area contributed by atoms with E-state index in [-0.39, 0.29) is 33.9 Å². The Kier molecular flexibility index (Phi) is 8.40. The van der Waals surface area contributed by atoms with E-state index < -0.39 is 18.1 Å². The van der Waals surface area contributed by atoms with Crippen LogP contribution >= 0.6 is 12.2 Å². The number of ether oxygens (including phenoxy) is 2. The van der Waals surface area contributed by atoms with Gasteiger partial charge in [0, 0.05) is 18.2 Å². The Bertz CT molecular complexity index is 1220. The number of thiocarbonyl (C=S) groups is 1. The third-order valence-electron chi connectivity index (χ3n) is 5.80. The number of hydrogen-bond donors (Lipinski definition) is 2. The first kappa shape index (κ1) is 26.1. The molecule has 0 radical (unpaired) electrons. The van der Waals surface area contributed by atoms with Crippen LogP contribution in [0.25, 0.3) is 0 Å². The van der Waals surface area contributed by atoms with Gasteiger partial charge in [-0.3, -0.25) is 0 Å². The van der Waals surface area contributed by atoms with Gasteiger partial charge < -0.3 is 19.9 Å². The van der Waals surface area contributed by atoms with Crippen LogP contribution in [-0.4, -0.2) is 40.3 Å². The number of halogens is 1. The molecule has 0 aliphatic heterocycles. The number of aryl methyl sites for hydroxylation is 2. The van der Waals surface area contributed by atoms with Crippen molar-refractivity contribution in [3.8, 4) is 11.5 Å². The molecule has 184 valence electrons. The molecule has 0 aliphatic rings. The van der Waals surface area contributed by atoms with E-state index in [0.717, 1.165) is 22.3 Å². The van der Waals surface area contributed by atoms with Crippen LogP contribution in [0, 0.1) is 19.7 Å². The largest absolute Gasteiger partial charge is 0.503 e. The van der Waals surface area contributed by atoms with Crippen molar-refractivity contribution >= 4 is 23.2 Å². The fraction of sp³-hybridized carbons (Fsp3) is 0.296. The summed E-state index contributed by atoms with van der Waals surface area (Å²) in [6.45, 7) is 7.26. The summed E-state index contributed by atoms with van der Waals surface area (Å²) in [5.74, 6) is -1.15. The van der Waals surface area contributed by atoms with Crippen LogP contribution in [0.1, 0.15) is 47.7 Å². The van der Waals surface area contributed by atoms with E-state index in [2.05, 4.69) is 10.3 Å². The molecule has 8 heteroatoms. The Morgan fingerprint density at radius 1 is 1.11 bits per heavy atom. The third kappa shape index (κ3) is 6.14. The highest BCUT2D eigenvalue weighted by atomic mass is 32.1.